The van der Waals surface area contributed by atoms with Gasteiger partial charge in [-0.15, -0.1) is 0 Å². The average molecular weight is 624 g/mol. The Hall–Kier alpha value is -3.07. The molecule has 0 aromatic heterocycles. The Labute approximate surface area is 229 Å². The number of nitrogens with zero attached hydrogens (tertiary/aromatic N) is 1. The first-order chi connectivity index (χ1) is 17.5. The van der Waals surface area contributed by atoms with Crippen LogP contribution in [0.15, 0.2) is 97.7 Å². The summed E-state index contributed by atoms with van der Waals surface area (Å²) in [4.78, 5) is 17.6. The van der Waals surface area contributed by atoms with E-state index < -0.39 is 0 Å². The van der Waals surface area contributed by atoms with Crippen LogP contribution in [-0.4, -0.2) is 18.2 Å². The SMILES string of the molecule is COc1cc(/C=C2/SC(=Nc3cccc(Br)c3)NC2=O)cc(Br)c1OCc1cccc2ccccc12. The number of hydrogen-bond donors (Lipinski definition) is 1. The van der Waals surface area contributed by atoms with Crippen molar-refractivity contribution in [1.82, 2.24) is 5.32 Å². The maximum atomic E-state index is 12.6. The third-order valence-corrected chi connectivity index (χ3v) is 7.48. The highest BCUT2D eigenvalue weighted by molar-refractivity contribution is 9.10. The number of ether oxygens (including phenoxy) is 2. The number of thioether (sulfide) groups is 1. The van der Waals surface area contributed by atoms with Gasteiger partial charge in [0.25, 0.3) is 5.91 Å². The van der Waals surface area contributed by atoms with Gasteiger partial charge in [0.15, 0.2) is 16.7 Å². The Morgan fingerprint density at radius 1 is 1.00 bits per heavy atom. The van der Waals surface area contributed by atoms with Crippen LogP contribution in [0.4, 0.5) is 5.69 Å². The molecule has 1 N–H and O–H groups in total. The third-order valence-electron chi connectivity index (χ3n) is 5.49. The molecule has 36 heavy (non-hydrogen) atoms. The largest absolute Gasteiger partial charge is 0.493 e. The summed E-state index contributed by atoms with van der Waals surface area (Å²) in [5, 5.41) is 5.68. The average Bonchev–Trinajstić information content (AvgIpc) is 3.21. The van der Waals surface area contributed by atoms with Crippen LogP contribution in [0.25, 0.3) is 16.8 Å². The Morgan fingerprint density at radius 3 is 2.64 bits per heavy atom. The first kappa shape index (κ1) is 24.6. The minimum Gasteiger partial charge on any atom is -0.493 e. The zero-order valence-corrected chi connectivity index (χ0v) is 23.1. The van der Waals surface area contributed by atoms with Crippen molar-refractivity contribution >= 4 is 77.2 Å². The van der Waals surface area contributed by atoms with E-state index in [9.17, 15) is 4.79 Å². The highest BCUT2D eigenvalue weighted by Crippen LogP contribution is 2.39. The maximum Gasteiger partial charge on any atom is 0.264 e. The van der Waals surface area contributed by atoms with Crippen molar-refractivity contribution in [2.24, 2.45) is 4.99 Å². The number of fused-ring (bicyclic) bond motifs is 1. The van der Waals surface area contributed by atoms with Gasteiger partial charge in [0.05, 0.1) is 22.2 Å². The number of rotatable bonds is 6. The monoisotopic (exact) mass is 622 g/mol. The van der Waals surface area contributed by atoms with E-state index in [1.54, 1.807) is 7.11 Å². The minimum atomic E-state index is -0.194. The third kappa shape index (κ3) is 5.51. The molecular weight excluding hydrogens is 604 g/mol. The summed E-state index contributed by atoms with van der Waals surface area (Å²) >= 11 is 8.35. The van der Waals surface area contributed by atoms with E-state index in [1.165, 1.54) is 17.1 Å². The maximum absolute atomic E-state index is 12.6. The molecule has 5 rings (SSSR count). The number of nitrogens with one attached hydrogen (secondary N) is 1. The molecule has 8 heteroatoms. The van der Waals surface area contributed by atoms with Crippen molar-refractivity contribution in [2.45, 2.75) is 6.61 Å². The van der Waals surface area contributed by atoms with Gasteiger partial charge in [0.2, 0.25) is 0 Å². The number of methoxy groups -OCH3 is 1. The number of benzene rings is 4. The van der Waals surface area contributed by atoms with E-state index in [4.69, 9.17) is 9.47 Å². The quantitative estimate of drug-likeness (QED) is 0.222. The summed E-state index contributed by atoms with van der Waals surface area (Å²) in [5.41, 5.74) is 2.65. The number of halogens is 2. The summed E-state index contributed by atoms with van der Waals surface area (Å²) in [7, 11) is 1.60. The molecule has 0 bridgehead atoms. The van der Waals surface area contributed by atoms with Gasteiger partial charge >= 0.3 is 0 Å². The van der Waals surface area contributed by atoms with Crippen LogP contribution >= 0.6 is 43.6 Å². The Bertz CT molecular complexity index is 1530. The van der Waals surface area contributed by atoms with Crippen LogP contribution in [0, 0.1) is 0 Å². The van der Waals surface area contributed by atoms with Crippen molar-refractivity contribution < 1.29 is 14.3 Å². The molecule has 0 spiro atoms. The molecule has 180 valence electrons. The molecule has 0 saturated carbocycles. The van der Waals surface area contributed by atoms with Gasteiger partial charge < -0.3 is 14.8 Å². The molecule has 1 amide bonds. The molecule has 0 unspecified atom stereocenters. The highest BCUT2D eigenvalue weighted by Gasteiger charge is 2.24. The summed E-state index contributed by atoms with van der Waals surface area (Å²) in [6, 6.07) is 25.8. The van der Waals surface area contributed by atoms with Crippen LogP contribution in [0.2, 0.25) is 0 Å². The van der Waals surface area contributed by atoms with E-state index in [0.717, 1.165) is 31.1 Å². The van der Waals surface area contributed by atoms with E-state index in [-0.39, 0.29) is 5.91 Å². The molecule has 1 saturated heterocycles. The molecule has 4 aromatic carbocycles. The lowest BCUT2D eigenvalue weighted by molar-refractivity contribution is -0.115. The lowest BCUT2D eigenvalue weighted by Crippen LogP contribution is -2.19. The zero-order valence-electron chi connectivity index (χ0n) is 19.1. The second-order valence-electron chi connectivity index (χ2n) is 7.92. The molecule has 0 atom stereocenters. The highest BCUT2D eigenvalue weighted by atomic mass is 79.9. The molecule has 1 heterocycles. The molecular formula is C28H20Br2N2O3S. The van der Waals surface area contributed by atoms with Crippen LogP contribution in [0.5, 0.6) is 11.5 Å². The number of carbonyl (C=O) groups is 1. The van der Waals surface area contributed by atoms with Gasteiger partial charge in [-0.2, -0.15) is 0 Å². The fraction of sp³-hybridized carbons (Fsp3) is 0.0714. The standard InChI is InChI=1S/C28H20Br2N2O3S/c1-34-24-13-17(14-25-27(33)32-28(36-25)31-21-10-5-9-20(29)15-21)12-23(30)26(24)35-16-19-8-4-7-18-6-2-3-11-22(18)19/h2-15H,16H2,1H3,(H,31,32,33)/b25-14+. The first-order valence-electron chi connectivity index (χ1n) is 11.0. The normalized spacial score (nSPS) is 15.5. The molecule has 1 aliphatic heterocycles. The van der Waals surface area contributed by atoms with Gasteiger partial charge in [-0.25, -0.2) is 4.99 Å². The number of amidine groups is 1. The van der Waals surface area contributed by atoms with Gasteiger partial charge in [-0.1, -0.05) is 64.5 Å². The van der Waals surface area contributed by atoms with Crippen LogP contribution < -0.4 is 14.8 Å². The van der Waals surface area contributed by atoms with E-state index in [1.807, 2.05) is 60.7 Å². The lowest BCUT2D eigenvalue weighted by atomic mass is 10.1. The van der Waals surface area contributed by atoms with Crippen LogP contribution in [0.1, 0.15) is 11.1 Å². The second kappa shape index (κ2) is 10.9. The van der Waals surface area contributed by atoms with Gasteiger partial charge in [0, 0.05) is 4.47 Å². The summed E-state index contributed by atoms with van der Waals surface area (Å²) in [5.74, 6) is 0.982. The van der Waals surface area contributed by atoms with Crippen LogP contribution in [-0.2, 0) is 11.4 Å². The number of hydrogen-bond acceptors (Lipinski definition) is 5. The molecule has 0 radical (unpaired) electrons. The van der Waals surface area contributed by atoms with Crippen molar-refractivity contribution in [1.29, 1.82) is 0 Å². The van der Waals surface area contributed by atoms with Crippen LogP contribution in [0.3, 0.4) is 0 Å². The smallest absolute Gasteiger partial charge is 0.264 e. The molecule has 4 aromatic rings. The minimum absolute atomic E-state index is 0.194. The number of carbonyl (C=O) groups excluding carboxylic acids is 1. The predicted molar refractivity (Wildman–Crippen MR) is 154 cm³/mol. The molecule has 1 fully saturated rings. The van der Waals surface area contributed by atoms with Crippen molar-refractivity contribution in [3.63, 3.8) is 0 Å². The van der Waals surface area contributed by atoms with Crippen molar-refractivity contribution in [2.75, 3.05) is 7.11 Å². The molecule has 5 nitrogen and oxygen atoms in total. The number of aliphatic imine (C=N–C) groups is 1. The van der Waals surface area contributed by atoms with E-state index in [0.29, 0.717) is 28.2 Å². The first-order valence-corrected chi connectivity index (χ1v) is 13.4. The molecule has 1 aliphatic rings. The Balaban J connectivity index is 1.37. The number of amides is 1. The van der Waals surface area contributed by atoms with E-state index >= 15 is 0 Å². The van der Waals surface area contributed by atoms with E-state index in [2.05, 4.69) is 66.4 Å². The Kier molecular flexibility index (Phi) is 7.46. The lowest BCUT2D eigenvalue weighted by Gasteiger charge is -2.15. The predicted octanol–water partition coefficient (Wildman–Crippen LogP) is 7.84. The molecule has 0 aliphatic carbocycles. The topological polar surface area (TPSA) is 59.9 Å². The summed E-state index contributed by atoms with van der Waals surface area (Å²) in [6.45, 7) is 0.393. The van der Waals surface area contributed by atoms with Gasteiger partial charge in [-0.3, -0.25) is 4.79 Å². The summed E-state index contributed by atoms with van der Waals surface area (Å²) < 4.78 is 13.5. The zero-order chi connectivity index (χ0) is 25.1. The Morgan fingerprint density at radius 2 is 1.81 bits per heavy atom. The van der Waals surface area contributed by atoms with Gasteiger partial charge in [-0.05, 0) is 86.0 Å². The van der Waals surface area contributed by atoms with Gasteiger partial charge in [0.1, 0.15) is 6.61 Å². The summed E-state index contributed by atoms with van der Waals surface area (Å²) in [6.07, 6.45) is 1.81. The van der Waals surface area contributed by atoms with Crippen molar-refractivity contribution in [3.05, 3.63) is 104 Å². The van der Waals surface area contributed by atoms with Crippen molar-refractivity contribution in [3.8, 4) is 11.5 Å². The fourth-order valence-corrected chi connectivity index (χ4v) is 5.63. The fourth-order valence-electron chi connectivity index (χ4n) is 3.83. The second-order valence-corrected chi connectivity index (χ2v) is 10.7.